The van der Waals surface area contributed by atoms with Crippen molar-refractivity contribution in [3.63, 3.8) is 0 Å². The summed E-state index contributed by atoms with van der Waals surface area (Å²) < 4.78 is 0. The van der Waals surface area contributed by atoms with Crippen molar-refractivity contribution in [2.75, 3.05) is 13.6 Å². The van der Waals surface area contributed by atoms with E-state index >= 15 is 0 Å². The fraction of sp³-hybridized carbons (Fsp3) is 0.833. The topological polar surface area (TPSA) is 154 Å². The molecule has 10 heteroatoms. The Balaban J connectivity index is 1.83. The molecule has 0 aromatic carbocycles. The Hall–Kier alpha value is -2.36. The molecule has 2 saturated carbocycles. The molecule has 2 aliphatic carbocycles. The lowest BCUT2D eigenvalue weighted by molar-refractivity contribution is -0.144. The van der Waals surface area contributed by atoms with Crippen molar-refractivity contribution in [1.29, 1.82) is 0 Å². The molecule has 0 bridgehead atoms. The summed E-state index contributed by atoms with van der Waals surface area (Å²) >= 11 is 0. The lowest BCUT2D eigenvalue weighted by Gasteiger charge is -2.38. The van der Waals surface area contributed by atoms with Crippen molar-refractivity contribution in [2.45, 2.75) is 84.5 Å². The SMILES string of the molecule is CNC(=O)N[C@H](C(=O)N1CC2C([C@H]1C(=O)NC(CC1CCC1)C(O)C(N)=O)C2(C)C)C(C)(C)C. The van der Waals surface area contributed by atoms with E-state index in [1.807, 2.05) is 20.8 Å². The fourth-order valence-electron chi connectivity index (χ4n) is 5.65. The Morgan fingerprint density at radius 2 is 1.76 bits per heavy atom. The number of hydrogen-bond donors (Lipinski definition) is 5. The van der Waals surface area contributed by atoms with Gasteiger partial charge in [0.2, 0.25) is 17.7 Å². The average Bonchev–Trinajstić information content (AvgIpc) is 3.06. The minimum absolute atomic E-state index is 0.0351. The highest BCUT2D eigenvalue weighted by Gasteiger charge is 2.69. The maximum Gasteiger partial charge on any atom is 0.315 e. The van der Waals surface area contributed by atoms with Crippen molar-refractivity contribution in [3.8, 4) is 0 Å². The number of fused-ring (bicyclic) bond motifs is 1. The maximum atomic E-state index is 13.7. The number of likely N-dealkylation sites (tertiary alicyclic amines) is 1. The maximum absolute atomic E-state index is 13.7. The van der Waals surface area contributed by atoms with E-state index in [-0.39, 0.29) is 29.1 Å². The molecule has 1 saturated heterocycles. The zero-order chi connectivity index (χ0) is 25.6. The third-order valence-corrected chi connectivity index (χ3v) is 8.19. The van der Waals surface area contributed by atoms with Gasteiger partial charge in [0, 0.05) is 13.6 Å². The molecule has 0 spiro atoms. The number of nitrogens with two attached hydrogens (primary N) is 1. The van der Waals surface area contributed by atoms with Crippen molar-refractivity contribution in [1.82, 2.24) is 20.9 Å². The smallest absolute Gasteiger partial charge is 0.315 e. The highest BCUT2D eigenvalue weighted by molar-refractivity contribution is 5.94. The summed E-state index contributed by atoms with van der Waals surface area (Å²) in [5.74, 6) is -1.12. The van der Waals surface area contributed by atoms with Crippen LogP contribution in [0.3, 0.4) is 0 Å². The number of hydrogen-bond acceptors (Lipinski definition) is 5. The van der Waals surface area contributed by atoms with E-state index in [2.05, 4.69) is 29.8 Å². The van der Waals surface area contributed by atoms with Crippen molar-refractivity contribution < 1.29 is 24.3 Å². The Bertz CT molecular complexity index is 834. The molecule has 4 unspecified atom stereocenters. The van der Waals surface area contributed by atoms with E-state index in [0.29, 0.717) is 18.9 Å². The van der Waals surface area contributed by atoms with Crippen molar-refractivity contribution >= 4 is 23.8 Å². The minimum atomic E-state index is -1.49. The van der Waals surface area contributed by atoms with E-state index in [1.54, 1.807) is 4.90 Å². The molecule has 3 rings (SSSR count). The van der Waals surface area contributed by atoms with Gasteiger partial charge in [-0.2, -0.15) is 0 Å². The molecule has 6 N–H and O–H groups in total. The van der Waals surface area contributed by atoms with Gasteiger partial charge in [-0.25, -0.2) is 4.79 Å². The van der Waals surface area contributed by atoms with E-state index in [1.165, 1.54) is 7.05 Å². The van der Waals surface area contributed by atoms with Crippen LogP contribution < -0.4 is 21.7 Å². The second kappa shape index (κ2) is 9.36. The summed E-state index contributed by atoms with van der Waals surface area (Å²) in [5.41, 5.74) is 4.67. The quantitative estimate of drug-likeness (QED) is 0.340. The number of nitrogens with zero attached hydrogens (tertiary/aromatic N) is 1. The number of urea groups is 1. The summed E-state index contributed by atoms with van der Waals surface area (Å²) in [7, 11) is 1.48. The van der Waals surface area contributed by atoms with Crippen LogP contribution in [0.4, 0.5) is 4.79 Å². The largest absolute Gasteiger partial charge is 0.381 e. The van der Waals surface area contributed by atoms with E-state index in [4.69, 9.17) is 5.73 Å². The molecular formula is C24H41N5O5. The molecule has 0 aromatic rings. The number of piperidine rings is 1. The van der Waals surface area contributed by atoms with Crippen LogP contribution >= 0.6 is 0 Å². The van der Waals surface area contributed by atoms with Crippen molar-refractivity contribution in [3.05, 3.63) is 0 Å². The van der Waals surface area contributed by atoms with Crippen LogP contribution in [0.5, 0.6) is 0 Å². The lowest BCUT2D eigenvalue weighted by Crippen LogP contribution is -2.61. The van der Waals surface area contributed by atoms with Crippen LogP contribution in [0, 0.1) is 28.6 Å². The van der Waals surface area contributed by atoms with Gasteiger partial charge < -0.3 is 31.7 Å². The number of carbonyl (C=O) groups is 4. The van der Waals surface area contributed by atoms with Gasteiger partial charge in [0.1, 0.15) is 12.1 Å². The Kier molecular flexibility index (Phi) is 7.22. The number of amides is 5. The number of rotatable bonds is 8. The minimum Gasteiger partial charge on any atom is -0.381 e. The Morgan fingerprint density at radius 1 is 1.15 bits per heavy atom. The molecule has 0 radical (unpaired) electrons. The molecule has 3 aliphatic rings. The lowest BCUT2D eigenvalue weighted by atomic mass is 9.79. The van der Waals surface area contributed by atoms with Crippen LogP contribution in [0.2, 0.25) is 0 Å². The van der Waals surface area contributed by atoms with Gasteiger partial charge in [-0.15, -0.1) is 0 Å². The Labute approximate surface area is 201 Å². The molecule has 5 amide bonds. The first-order valence-corrected chi connectivity index (χ1v) is 12.3. The third kappa shape index (κ3) is 5.01. The van der Waals surface area contributed by atoms with Crippen LogP contribution in [0.25, 0.3) is 0 Å². The molecule has 0 aromatic heterocycles. The van der Waals surface area contributed by atoms with Crippen LogP contribution in [-0.2, 0) is 14.4 Å². The average molecular weight is 480 g/mol. The number of primary amides is 1. The molecular weight excluding hydrogens is 438 g/mol. The number of aliphatic hydroxyl groups is 1. The first-order valence-electron chi connectivity index (χ1n) is 12.3. The number of aliphatic hydroxyl groups excluding tert-OH is 1. The molecule has 6 atom stereocenters. The van der Waals surface area contributed by atoms with Gasteiger partial charge in [0.05, 0.1) is 6.04 Å². The zero-order valence-electron chi connectivity index (χ0n) is 21.2. The van der Waals surface area contributed by atoms with Crippen LogP contribution in [0.1, 0.15) is 60.3 Å². The first kappa shape index (κ1) is 26.2. The predicted octanol–water partition coefficient (Wildman–Crippen LogP) is 0.334. The monoisotopic (exact) mass is 479 g/mol. The van der Waals surface area contributed by atoms with E-state index in [0.717, 1.165) is 19.3 Å². The summed E-state index contributed by atoms with van der Waals surface area (Å²) in [6, 6.07) is -2.84. The molecule has 1 heterocycles. The fourth-order valence-corrected chi connectivity index (χ4v) is 5.65. The Morgan fingerprint density at radius 3 is 2.24 bits per heavy atom. The van der Waals surface area contributed by atoms with Gasteiger partial charge in [0.25, 0.3) is 0 Å². The van der Waals surface area contributed by atoms with Gasteiger partial charge in [-0.05, 0) is 35.0 Å². The molecule has 192 valence electrons. The summed E-state index contributed by atoms with van der Waals surface area (Å²) in [5, 5.41) is 18.5. The summed E-state index contributed by atoms with van der Waals surface area (Å²) in [6.45, 7) is 10.2. The molecule has 1 aliphatic heterocycles. The highest BCUT2D eigenvalue weighted by atomic mass is 16.3. The zero-order valence-corrected chi connectivity index (χ0v) is 21.2. The number of carbonyl (C=O) groups excluding carboxylic acids is 4. The van der Waals surface area contributed by atoms with Gasteiger partial charge in [0.15, 0.2) is 6.10 Å². The van der Waals surface area contributed by atoms with Crippen LogP contribution in [-0.4, -0.2) is 71.6 Å². The van der Waals surface area contributed by atoms with Crippen LogP contribution in [0.15, 0.2) is 0 Å². The molecule has 34 heavy (non-hydrogen) atoms. The van der Waals surface area contributed by atoms with Crippen molar-refractivity contribution in [2.24, 2.45) is 34.3 Å². The predicted molar refractivity (Wildman–Crippen MR) is 126 cm³/mol. The highest BCUT2D eigenvalue weighted by Crippen LogP contribution is 2.65. The van der Waals surface area contributed by atoms with Gasteiger partial charge in [-0.3, -0.25) is 14.4 Å². The number of nitrogens with one attached hydrogen (secondary N) is 3. The normalized spacial score (nSPS) is 28.1. The second-order valence-electron chi connectivity index (χ2n) is 11.9. The second-order valence-corrected chi connectivity index (χ2v) is 11.9. The molecule has 3 fully saturated rings. The molecule has 10 nitrogen and oxygen atoms in total. The third-order valence-electron chi connectivity index (χ3n) is 8.19. The summed E-state index contributed by atoms with van der Waals surface area (Å²) in [6.07, 6.45) is 2.05. The van der Waals surface area contributed by atoms with E-state index in [9.17, 15) is 24.3 Å². The summed E-state index contributed by atoms with van der Waals surface area (Å²) in [4.78, 5) is 52.6. The standard InChI is InChI=1S/C24H41N5O5/c1-23(2,3)18(28-22(34)26-6)21(33)29-11-13-15(24(13,4)5)16(29)20(32)27-14(17(30)19(25)31)10-12-8-7-9-12/h12-18,30H,7-11H2,1-6H3,(H2,25,31)(H,27,32)(H2,26,28,34)/t13?,14?,15?,16-,17?,18+/m0/s1. The van der Waals surface area contributed by atoms with E-state index < -0.39 is 41.6 Å². The van der Waals surface area contributed by atoms with Gasteiger partial charge >= 0.3 is 6.03 Å². The van der Waals surface area contributed by atoms with Gasteiger partial charge in [-0.1, -0.05) is 53.9 Å². The first-order chi connectivity index (χ1) is 15.7.